The number of hydrogen-bond donors (Lipinski definition) is 2. The summed E-state index contributed by atoms with van der Waals surface area (Å²) in [7, 11) is 3.22. The topological polar surface area (TPSA) is 61.6 Å². The van der Waals surface area contributed by atoms with E-state index in [1.165, 1.54) is 4.90 Å². The highest BCUT2D eigenvalue weighted by atomic mass is 16.5. The van der Waals surface area contributed by atoms with E-state index in [2.05, 4.69) is 13.8 Å². The van der Waals surface area contributed by atoms with Gasteiger partial charge in [0.25, 0.3) is 0 Å². The second-order valence-electron chi connectivity index (χ2n) is 6.48. The van der Waals surface area contributed by atoms with Crippen LogP contribution >= 0.6 is 0 Å². The Hall–Kier alpha value is -1.34. The highest BCUT2D eigenvalue weighted by Gasteiger charge is 2.27. The molecule has 1 unspecified atom stereocenters. The van der Waals surface area contributed by atoms with Crippen LogP contribution in [0.25, 0.3) is 0 Å². The molecular formula is C18H30NO5+. The van der Waals surface area contributed by atoms with Crippen molar-refractivity contribution in [2.45, 2.75) is 38.8 Å². The van der Waals surface area contributed by atoms with Crippen LogP contribution in [-0.4, -0.2) is 63.9 Å². The first kappa shape index (κ1) is 19.0. The zero-order chi connectivity index (χ0) is 17.5. The maximum Gasteiger partial charge on any atom is 0.161 e. The minimum absolute atomic E-state index is 0.239. The molecule has 24 heavy (non-hydrogen) atoms. The summed E-state index contributed by atoms with van der Waals surface area (Å²) in [6, 6.07) is 5.68. The van der Waals surface area contributed by atoms with E-state index in [0.29, 0.717) is 31.3 Å². The molecule has 136 valence electrons. The fourth-order valence-electron chi connectivity index (χ4n) is 3.23. The fourth-order valence-corrected chi connectivity index (χ4v) is 3.23. The summed E-state index contributed by atoms with van der Waals surface area (Å²) >= 11 is 0. The molecule has 2 rings (SSSR count). The van der Waals surface area contributed by atoms with Crippen LogP contribution in [0.4, 0.5) is 0 Å². The van der Waals surface area contributed by atoms with Crippen LogP contribution in [0.2, 0.25) is 0 Å². The number of quaternary nitrogens is 1. The van der Waals surface area contributed by atoms with Gasteiger partial charge >= 0.3 is 0 Å². The molecule has 1 aromatic rings. The van der Waals surface area contributed by atoms with Crippen LogP contribution in [0.5, 0.6) is 11.5 Å². The molecule has 6 heteroatoms. The molecule has 1 fully saturated rings. The summed E-state index contributed by atoms with van der Waals surface area (Å²) in [6.07, 6.45) is 0.00455. The molecule has 4 atom stereocenters. The van der Waals surface area contributed by atoms with Crippen molar-refractivity contribution in [3.05, 3.63) is 23.8 Å². The Kier molecular flexibility index (Phi) is 7.30. The van der Waals surface area contributed by atoms with E-state index < -0.39 is 6.10 Å². The van der Waals surface area contributed by atoms with E-state index in [1.807, 2.05) is 18.2 Å². The van der Waals surface area contributed by atoms with Gasteiger partial charge in [-0.05, 0) is 31.5 Å². The van der Waals surface area contributed by atoms with Gasteiger partial charge < -0.3 is 29.0 Å². The van der Waals surface area contributed by atoms with Crippen molar-refractivity contribution in [1.29, 1.82) is 0 Å². The van der Waals surface area contributed by atoms with Crippen LogP contribution in [-0.2, 0) is 16.1 Å². The minimum atomic E-state index is -0.474. The molecule has 1 saturated heterocycles. The molecular weight excluding hydrogens is 310 g/mol. The van der Waals surface area contributed by atoms with Crippen molar-refractivity contribution in [2.24, 2.45) is 0 Å². The second kappa shape index (κ2) is 9.22. The number of morpholine rings is 1. The number of ether oxygens (including phenoxy) is 4. The Labute approximate surface area is 144 Å². The maximum atomic E-state index is 10.2. The first-order valence-electron chi connectivity index (χ1n) is 8.47. The van der Waals surface area contributed by atoms with Crippen LogP contribution in [0.3, 0.4) is 0 Å². The largest absolute Gasteiger partial charge is 0.493 e. The Morgan fingerprint density at radius 1 is 1.17 bits per heavy atom. The Balaban J connectivity index is 1.75. The summed E-state index contributed by atoms with van der Waals surface area (Å²) in [6.45, 7) is 7.45. The lowest BCUT2D eigenvalue weighted by atomic mass is 10.2. The van der Waals surface area contributed by atoms with Gasteiger partial charge in [0, 0.05) is 0 Å². The number of rotatable bonds is 8. The van der Waals surface area contributed by atoms with Crippen LogP contribution in [0, 0.1) is 0 Å². The third-order valence-corrected chi connectivity index (χ3v) is 4.17. The maximum absolute atomic E-state index is 10.2. The summed E-state index contributed by atoms with van der Waals surface area (Å²) in [4.78, 5) is 1.36. The van der Waals surface area contributed by atoms with E-state index in [4.69, 9.17) is 18.9 Å². The molecule has 0 radical (unpaired) electrons. The number of aliphatic hydroxyl groups is 1. The lowest BCUT2D eigenvalue weighted by molar-refractivity contribution is -0.918. The molecule has 0 saturated carbocycles. The van der Waals surface area contributed by atoms with E-state index in [-0.39, 0.29) is 12.2 Å². The lowest BCUT2D eigenvalue weighted by Gasteiger charge is -2.33. The molecule has 1 aliphatic rings. The highest BCUT2D eigenvalue weighted by Crippen LogP contribution is 2.27. The van der Waals surface area contributed by atoms with Gasteiger partial charge in [0.05, 0.1) is 27.4 Å². The smallest absolute Gasteiger partial charge is 0.161 e. The molecule has 0 aromatic heterocycles. The van der Waals surface area contributed by atoms with Gasteiger partial charge in [0.1, 0.15) is 37.9 Å². The van der Waals surface area contributed by atoms with Crippen molar-refractivity contribution in [1.82, 2.24) is 0 Å². The van der Waals surface area contributed by atoms with Crippen molar-refractivity contribution in [3.8, 4) is 11.5 Å². The molecule has 0 aliphatic carbocycles. The SMILES string of the molecule is COc1ccc(COC[C@@H](O)C[NH+]2C[C@@H](C)O[C@@H](C)C2)cc1OC. The summed E-state index contributed by atoms with van der Waals surface area (Å²) in [5, 5.41) is 10.2. The Bertz CT molecular complexity index is 500. The molecule has 0 spiro atoms. The predicted octanol–water partition coefficient (Wildman–Crippen LogP) is 0.273. The van der Waals surface area contributed by atoms with Crippen LogP contribution < -0.4 is 14.4 Å². The second-order valence-corrected chi connectivity index (χ2v) is 6.48. The summed E-state index contributed by atoms with van der Waals surface area (Å²) in [5.74, 6) is 1.38. The van der Waals surface area contributed by atoms with Crippen molar-refractivity contribution in [3.63, 3.8) is 0 Å². The normalized spacial score (nSPS) is 25.3. The molecule has 6 nitrogen and oxygen atoms in total. The number of benzene rings is 1. The average Bonchev–Trinajstić information content (AvgIpc) is 2.53. The van der Waals surface area contributed by atoms with Gasteiger partial charge in [-0.15, -0.1) is 0 Å². The standard InChI is InChI=1S/C18H29NO5/c1-13-8-19(9-14(2)24-13)10-16(20)12-23-11-15-5-6-17(21-3)18(7-15)22-4/h5-7,13-14,16,20H,8-12H2,1-4H3/p+1/t13-,14+,16-/m0/s1. The molecule has 2 N–H and O–H groups in total. The van der Waals surface area contributed by atoms with E-state index in [9.17, 15) is 5.11 Å². The van der Waals surface area contributed by atoms with Crippen molar-refractivity contribution >= 4 is 0 Å². The molecule has 0 bridgehead atoms. The molecule has 1 aromatic carbocycles. The van der Waals surface area contributed by atoms with Crippen molar-refractivity contribution in [2.75, 3.05) is 40.5 Å². The zero-order valence-electron chi connectivity index (χ0n) is 15.1. The minimum Gasteiger partial charge on any atom is -0.493 e. The summed E-state index contributed by atoms with van der Waals surface area (Å²) < 4.78 is 21.9. The Morgan fingerprint density at radius 2 is 1.83 bits per heavy atom. The number of aliphatic hydroxyl groups excluding tert-OH is 1. The number of nitrogens with one attached hydrogen (secondary N) is 1. The monoisotopic (exact) mass is 340 g/mol. The van der Waals surface area contributed by atoms with Gasteiger partial charge in [0.15, 0.2) is 11.5 Å². The first-order valence-corrected chi connectivity index (χ1v) is 8.47. The quantitative estimate of drug-likeness (QED) is 0.712. The average molecular weight is 340 g/mol. The third-order valence-electron chi connectivity index (χ3n) is 4.17. The van der Waals surface area contributed by atoms with E-state index in [1.54, 1.807) is 14.2 Å². The Morgan fingerprint density at radius 3 is 2.46 bits per heavy atom. The third kappa shape index (κ3) is 5.63. The van der Waals surface area contributed by atoms with Gasteiger partial charge in [-0.2, -0.15) is 0 Å². The van der Waals surface area contributed by atoms with Gasteiger partial charge in [-0.3, -0.25) is 0 Å². The summed E-state index contributed by atoms with van der Waals surface area (Å²) in [5.41, 5.74) is 0.987. The molecule has 1 aliphatic heterocycles. The van der Waals surface area contributed by atoms with Gasteiger partial charge in [-0.25, -0.2) is 0 Å². The van der Waals surface area contributed by atoms with Crippen molar-refractivity contribution < 1.29 is 29.0 Å². The van der Waals surface area contributed by atoms with E-state index >= 15 is 0 Å². The molecule has 0 amide bonds. The highest BCUT2D eigenvalue weighted by molar-refractivity contribution is 5.42. The fraction of sp³-hybridized carbons (Fsp3) is 0.667. The zero-order valence-corrected chi connectivity index (χ0v) is 15.1. The number of methoxy groups -OCH3 is 2. The van der Waals surface area contributed by atoms with Crippen LogP contribution in [0.15, 0.2) is 18.2 Å². The van der Waals surface area contributed by atoms with E-state index in [0.717, 1.165) is 18.7 Å². The predicted molar refractivity (Wildman–Crippen MR) is 90.8 cm³/mol. The van der Waals surface area contributed by atoms with Crippen LogP contribution in [0.1, 0.15) is 19.4 Å². The van der Waals surface area contributed by atoms with Gasteiger partial charge in [0.2, 0.25) is 0 Å². The first-order chi connectivity index (χ1) is 11.5. The van der Waals surface area contributed by atoms with Gasteiger partial charge in [-0.1, -0.05) is 6.07 Å². The molecule has 1 heterocycles. The lowest BCUT2D eigenvalue weighted by Crippen LogP contribution is -3.16. The number of hydrogen-bond acceptors (Lipinski definition) is 5.